The highest BCUT2D eigenvalue weighted by molar-refractivity contribution is 5.90. The number of pyridine rings is 1. The molecule has 124 valence electrons. The smallest absolute Gasteiger partial charge is 0.167 e. The van der Waals surface area contributed by atoms with Gasteiger partial charge in [-0.1, -0.05) is 6.92 Å². The lowest BCUT2D eigenvalue weighted by molar-refractivity contribution is 0.387. The molecular weight excluding hydrogens is 307 g/mol. The van der Waals surface area contributed by atoms with Crippen molar-refractivity contribution in [1.29, 1.82) is 0 Å². The van der Waals surface area contributed by atoms with E-state index in [2.05, 4.69) is 26.8 Å². The minimum atomic E-state index is -0.432. The Labute approximate surface area is 140 Å². The Bertz CT molecular complexity index is 841. The fourth-order valence-corrected chi connectivity index (χ4v) is 2.95. The maximum absolute atomic E-state index is 13.9. The van der Waals surface area contributed by atoms with E-state index in [0.717, 1.165) is 23.2 Å². The molecule has 0 spiro atoms. The molecule has 3 rings (SSSR count). The third kappa shape index (κ3) is 2.87. The van der Waals surface area contributed by atoms with Gasteiger partial charge in [-0.05, 0) is 30.2 Å². The minimum absolute atomic E-state index is 0.127. The van der Waals surface area contributed by atoms with Crippen LogP contribution < -0.4 is 9.64 Å². The summed E-state index contributed by atoms with van der Waals surface area (Å²) < 4.78 is 19.0. The molecule has 0 aliphatic rings. The summed E-state index contributed by atoms with van der Waals surface area (Å²) in [4.78, 5) is 14.8. The van der Waals surface area contributed by atoms with Crippen molar-refractivity contribution in [3.63, 3.8) is 0 Å². The van der Waals surface area contributed by atoms with Crippen LogP contribution in [0.4, 0.5) is 10.2 Å². The van der Waals surface area contributed by atoms with Crippen molar-refractivity contribution in [2.24, 2.45) is 0 Å². The van der Waals surface area contributed by atoms with Crippen molar-refractivity contribution in [3.05, 3.63) is 54.4 Å². The summed E-state index contributed by atoms with van der Waals surface area (Å²) >= 11 is 0. The van der Waals surface area contributed by atoms with Crippen LogP contribution in [0.5, 0.6) is 5.75 Å². The second-order valence-corrected chi connectivity index (χ2v) is 5.52. The molecule has 0 N–H and O–H groups in total. The second-order valence-electron chi connectivity index (χ2n) is 5.52. The summed E-state index contributed by atoms with van der Waals surface area (Å²) in [6.45, 7) is 2.12. The van der Waals surface area contributed by atoms with E-state index in [1.54, 1.807) is 18.5 Å². The van der Waals surface area contributed by atoms with Crippen LogP contribution in [0.3, 0.4) is 0 Å². The Morgan fingerprint density at radius 3 is 2.62 bits per heavy atom. The molecule has 2 aromatic heterocycles. The minimum Gasteiger partial charge on any atom is -0.494 e. The molecule has 1 unspecified atom stereocenters. The lowest BCUT2D eigenvalue weighted by Crippen LogP contribution is -2.25. The number of nitrogens with zero attached hydrogens (tertiary/aromatic N) is 4. The number of aromatic nitrogens is 3. The molecule has 2 heterocycles. The highest BCUT2D eigenvalue weighted by atomic mass is 19.1. The molecule has 0 saturated heterocycles. The van der Waals surface area contributed by atoms with Crippen LogP contribution in [0.1, 0.15) is 24.9 Å². The van der Waals surface area contributed by atoms with Gasteiger partial charge in [0.15, 0.2) is 11.6 Å². The Morgan fingerprint density at radius 1 is 1.21 bits per heavy atom. The normalized spacial score (nSPS) is 12.2. The highest BCUT2D eigenvalue weighted by Gasteiger charge is 2.20. The number of rotatable bonds is 5. The van der Waals surface area contributed by atoms with Gasteiger partial charge in [-0.3, -0.25) is 4.98 Å². The summed E-state index contributed by atoms with van der Waals surface area (Å²) in [6.07, 6.45) is 5.91. The Hall–Kier alpha value is -2.76. The largest absolute Gasteiger partial charge is 0.494 e. The predicted octanol–water partition coefficient (Wildman–Crippen LogP) is 3.76. The first-order valence-electron chi connectivity index (χ1n) is 7.76. The third-order valence-corrected chi connectivity index (χ3v) is 4.17. The maximum atomic E-state index is 13.9. The molecule has 3 aromatic rings. The molecule has 0 bridgehead atoms. The predicted molar refractivity (Wildman–Crippen MR) is 91.7 cm³/mol. The first-order valence-corrected chi connectivity index (χ1v) is 7.76. The average Bonchev–Trinajstić information content (AvgIpc) is 2.62. The molecule has 0 radical (unpaired) electrons. The number of methoxy groups -OCH3 is 1. The van der Waals surface area contributed by atoms with Gasteiger partial charge in [-0.15, -0.1) is 0 Å². The molecule has 0 fully saturated rings. The monoisotopic (exact) mass is 326 g/mol. The van der Waals surface area contributed by atoms with Gasteiger partial charge >= 0.3 is 0 Å². The molecule has 6 heteroatoms. The lowest BCUT2D eigenvalue weighted by Gasteiger charge is -2.29. The molecule has 0 saturated carbocycles. The molecule has 0 aliphatic carbocycles. The van der Waals surface area contributed by atoms with Crippen molar-refractivity contribution in [2.45, 2.75) is 19.4 Å². The van der Waals surface area contributed by atoms with Gasteiger partial charge < -0.3 is 9.64 Å². The van der Waals surface area contributed by atoms with Gasteiger partial charge in [0.25, 0.3) is 0 Å². The zero-order chi connectivity index (χ0) is 17.1. The van der Waals surface area contributed by atoms with Crippen molar-refractivity contribution in [3.8, 4) is 5.75 Å². The van der Waals surface area contributed by atoms with E-state index in [4.69, 9.17) is 4.74 Å². The van der Waals surface area contributed by atoms with Gasteiger partial charge in [0.1, 0.15) is 12.1 Å². The van der Waals surface area contributed by atoms with E-state index in [1.807, 2.05) is 19.2 Å². The van der Waals surface area contributed by atoms with E-state index in [9.17, 15) is 4.39 Å². The summed E-state index contributed by atoms with van der Waals surface area (Å²) in [5, 5.41) is 0.755. The molecular formula is C18H19FN4O. The second kappa shape index (κ2) is 6.78. The summed E-state index contributed by atoms with van der Waals surface area (Å²) in [7, 11) is 3.43. The topological polar surface area (TPSA) is 51.1 Å². The van der Waals surface area contributed by atoms with E-state index in [0.29, 0.717) is 5.52 Å². The standard InChI is InChI=1S/C18H19FN4O/c1-4-16(12-5-7-20-8-6-12)23(2)18-13-9-17(24-3)14(19)10-15(13)21-11-22-18/h5-11,16H,4H2,1-3H3. The Balaban J connectivity index is 2.10. The van der Waals surface area contributed by atoms with Crippen LogP contribution in [0.2, 0.25) is 0 Å². The first kappa shape index (κ1) is 16.1. The molecule has 0 amide bonds. The fourth-order valence-electron chi connectivity index (χ4n) is 2.95. The number of ether oxygens (including phenoxy) is 1. The number of anilines is 1. The number of hydrogen-bond donors (Lipinski definition) is 0. The molecule has 0 aliphatic heterocycles. The van der Waals surface area contributed by atoms with Crippen LogP contribution in [0.25, 0.3) is 10.9 Å². The average molecular weight is 326 g/mol. The van der Waals surface area contributed by atoms with Gasteiger partial charge in [0, 0.05) is 30.9 Å². The van der Waals surface area contributed by atoms with Crippen LogP contribution in [-0.2, 0) is 0 Å². The van der Waals surface area contributed by atoms with E-state index in [-0.39, 0.29) is 11.8 Å². The quantitative estimate of drug-likeness (QED) is 0.714. The Kier molecular flexibility index (Phi) is 4.55. The molecule has 1 atom stereocenters. The summed E-state index contributed by atoms with van der Waals surface area (Å²) in [5.74, 6) is 0.490. The zero-order valence-electron chi connectivity index (χ0n) is 13.9. The van der Waals surface area contributed by atoms with Crippen LogP contribution in [-0.4, -0.2) is 29.1 Å². The van der Waals surface area contributed by atoms with Gasteiger partial charge in [-0.25, -0.2) is 14.4 Å². The van der Waals surface area contributed by atoms with Crippen molar-refractivity contribution >= 4 is 16.7 Å². The van der Waals surface area contributed by atoms with Gasteiger partial charge in [-0.2, -0.15) is 0 Å². The van der Waals surface area contributed by atoms with Gasteiger partial charge in [0.2, 0.25) is 0 Å². The van der Waals surface area contributed by atoms with Gasteiger partial charge in [0.05, 0.1) is 18.7 Å². The van der Waals surface area contributed by atoms with Crippen LogP contribution in [0, 0.1) is 5.82 Å². The molecule has 5 nitrogen and oxygen atoms in total. The first-order chi connectivity index (χ1) is 11.7. The fraction of sp³-hybridized carbons (Fsp3) is 0.278. The van der Waals surface area contributed by atoms with E-state index < -0.39 is 5.82 Å². The SMILES string of the molecule is CCC(c1ccncc1)N(C)c1ncnc2cc(F)c(OC)cc12. The number of fused-ring (bicyclic) bond motifs is 1. The zero-order valence-corrected chi connectivity index (χ0v) is 13.9. The summed E-state index contributed by atoms with van der Waals surface area (Å²) in [6, 6.07) is 7.14. The maximum Gasteiger partial charge on any atom is 0.167 e. The van der Waals surface area contributed by atoms with Crippen molar-refractivity contribution < 1.29 is 9.13 Å². The number of benzene rings is 1. The third-order valence-electron chi connectivity index (χ3n) is 4.17. The van der Waals surface area contributed by atoms with Crippen molar-refractivity contribution in [1.82, 2.24) is 15.0 Å². The van der Waals surface area contributed by atoms with Crippen LogP contribution in [0.15, 0.2) is 43.0 Å². The summed E-state index contributed by atoms with van der Waals surface area (Å²) in [5.41, 5.74) is 1.70. The Morgan fingerprint density at radius 2 is 1.96 bits per heavy atom. The number of halogens is 1. The lowest BCUT2D eigenvalue weighted by atomic mass is 10.0. The van der Waals surface area contributed by atoms with Crippen LogP contribution >= 0.6 is 0 Å². The van der Waals surface area contributed by atoms with Crippen molar-refractivity contribution in [2.75, 3.05) is 19.1 Å². The molecule has 1 aromatic carbocycles. The van der Waals surface area contributed by atoms with E-state index >= 15 is 0 Å². The molecule has 24 heavy (non-hydrogen) atoms. The number of hydrogen-bond acceptors (Lipinski definition) is 5. The highest BCUT2D eigenvalue weighted by Crippen LogP contribution is 2.33. The van der Waals surface area contributed by atoms with E-state index in [1.165, 1.54) is 19.5 Å².